The summed E-state index contributed by atoms with van der Waals surface area (Å²) in [5.41, 5.74) is 0. The minimum Gasteiger partial charge on any atom is -0.0883 e. The monoisotopic (exact) mass is 138 g/mol. The Morgan fingerprint density at radius 2 is 2.20 bits per heavy atom. The molecule has 1 fully saturated rings. The number of rotatable bonds is 4. The van der Waals surface area contributed by atoms with Crippen molar-refractivity contribution in [3.8, 4) is 0 Å². The summed E-state index contributed by atoms with van der Waals surface area (Å²) >= 11 is 0. The lowest BCUT2D eigenvalue weighted by atomic mass is 10.1. The minimum absolute atomic E-state index is 0.853. The molecule has 0 amide bonds. The second-order valence-corrected chi connectivity index (χ2v) is 3.41. The zero-order chi connectivity index (χ0) is 7.40. The lowest BCUT2D eigenvalue weighted by Crippen LogP contribution is -1.89. The van der Waals surface area contributed by atoms with E-state index in [2.05, 4.69) is 26.0 Å². The van der Waals surface area contributed by atoms with Gasteiger partial charge in [0.2, 0.25) is 0 Å². The Bertz CT molecular complexity index is 109. The van der Waals surface area contributed by atoms with Crippen molar-refractivity contribution in [1.82, 2.24) is 0 Å². The van der Waals surface area contributed by atoms with Gasteiger partial charge in [0.15, 0.2) is 0 Å². The molecule has 58 valence electrons. The molecule has 0 heteroatoms. The molecule has 1 unspecified atom stereocenters. The molecule has 0 bridgehead atoms. The van der Waals surface area contributed by atoms with E-state index < -0.39 is 0 Å². The largest absolute Gasteiger partial charge is 0.0883 e. The van der Waals surface area contributed by atoms with E-state index >= 15 is 0 Å². The van der Waals surface area contributed by atoms with Crippen LogP contribution in [0.5, 0.6) is 0 Å². The van der Waals surface area contributed by atoms with Crippen LogP contribution in [0.1, 0.15) is 39.5 Å². The zero-order valence-electron chi connectivity index (χ0n) is 7.14. The van der Waals surface area contributed by atoms with E-state index in [-0.39, 0.29) is 0 Å². The van der Waals surface area contributed by atoms with Crippen LogP contribution in [0, 0.1) is 11.8 Å². The van der Waals surface area contributed by atoms with Gasteiger partial charge in [-0.1, -0.05) is 32.4 Å². The molecule has 1 rings (SSSR count). The summed E-state index contributed by atoms with van der Waals surface area (Å²) in [7, 11) is 0. The molecular formula is C10H18. The Balaban J connectivity index is 2.09. The molecule has 0 heterocycles. The second-order valence-electron chi connectivity index (χ2n) is 3.41. The molecule has 1 atom stereocenters. The first-order chi connectivity index (χ1) is 4.84. The van der Waals surface area contributed by atoms with Crippen LogP contribution in [0.2, 0.25) is 0 Å². The van der Waals surface area contributed by atoms with Gasteiger partial charge < -0.3 is 0 Å². The number of unbranched alkanes of at least 4 members (excludes halogenated alkanes) is 1. The predicted molar refractivity (Wildman–Crippen MR) is 45.9 cm³/mol. The third-order valence-corrected chi connectivity index (χ3v) is 2.26. The highest BCUT2D eigenvalue weighted by Crippen LogP contribution is 2.37. The molecule has 0 aromatic heterocycles. The van der Waals surface area contributed by atoms with Crippen LogP contribution < -0.4 is 0 Å². The van der Waals surface area contributed by atoms with E-state index in [0.717, 1.165) is 11.8 Å². The number of allylic oxidation sites excluding steroid dienone is 2. The molecule has 0 nitrogen and oxygen atoms in total. The molecule has 0 N–H and O–H groups in total. The first-order valence-electron chi connectivity index (χ1n) is 4.51. The summed E-state index contributed by atoms with van der Waals surface area (Å²) in [6.45, 7) is 4.57. The average molecular weight is 138 g/mol. The summed E-state index contributed by atoms with van der Waals surface area (Å²) in [4.78, 5) is 0. The SMILES string of the molecule is CCCC=CC(C)C1CC1. The minimum atomic E-state index is 0.853. The topological polar surface area (TPSA) is 0 Å². The van der Waals surface area contributed by atoms with Crippen molar-refractivity contribution in [3.63, 3.8) is 0 Å². The highest BCUT2D eigenvalue weighted by molar-refractivity contribution is 4.93. The Labute approximate surface area is 64.3 Å². The summed E-state index contributed by atoms with van der Waals surface area (Å²) < 4.78 is 0. The number of hydrogen-bond acceptors (Lipinski definition) is 0. The van der Waals surface area contributed by atoms with E-state index in [1.807, 2.05) is 0 Å². The van der Waals surface area contributed by atoms with Gasteiger partial charge in [-0.15, -0.1) is 0 Å². The third kappa shape index (κ3) is 2.55. The van der Waals surface area contributed by atoms with Crippen molar-refractivity contribution in [2.24, 2.45) is 11.8 Å². The quantitative estimate of drug-likeness (QED) is 0.522. The van der Waals surface area contributed by atoms with Crippen LogP contribution in [-0.4, -0.2) is 0 Å². The molecule has 1 saturated carbocycles. The third-order valence-electron chi connectivity index (χ3n) is 2.26. The molecule has 1 aliphatic carbocycles. The van der Waals surface area contributed by atoms with Crippen LogP contribution in [0.25, 0.3) is 0 Å². The number of hydrogen-bond donors (Lipinski definition) is 0. The molecule has 0 aliphatic heterocycles. The fourth-order valence-electron chi connectivity index (χ4n) is 1.26. The van der Waals surface area contributed by atoms with E-state index in [0.29, 0.717) is 0 Å². The Kier molecular flexibility index (Phi) is 2.98. The molecular weight excluding hydrogens is 120 g/mol. The van der Waals surface area contributed by atoms with E-state index in [9.17, 15) is 0 Å². The van der Waals surface area contributed by atoms with Crippen LogP contribution in [0.15, 0.2) is 12.2 Å². The van der Waals surface area contributed by atoms with Crippen LogP contribution >= 0.6 is 0 Å². The lowest BCUT2D eigenvalue weighted by molar-refractivity contribution is 0.625. The van der Waals surface area contributed by atoms with Crippen molar-refractivity contribution in [3.05, 3.63) is 12.2 Å². The van der Waals surface area contributed by atoms with Gasteiger partial charge in [-0.2, -0.15) is 0 Å². The van der Waals surface area contributed by atoms with Crippen molar-refractivity contribution in [1.29, 1.82) is 0 Å². The zero-order valence-corrected chi connectivity index (χ0v) is 7.14. The Morgan fingerprint density at radius 3 is 2.70 bits per heavy atom. The lowest BCUT2D eigenvalue weighted by Gasteiger charge is -2.00. The molecule has 0 aromatic rings. The standard InChI is InChI=1S/C10H18/c1-3-4-5-6-9(2)10-7-8-10/h5-6,9-10H,3-4,7-8H2,1-2H3. The molecule has 0 radical (unpaired) electrons. The maximum atomic E-state index is 2.39. The smallest absolute Gasteiger partial charge is 0.0234 e. The van der Waals surface area contributed by atoms with Gasteiger partial charge in [0.25, 0.3) is 0 Å². The molecule has 1 aliphatic rings. The molecule has 0 aromatic carbocycles. The normalized spacial score (nSPS) is 21.8. The van der Waals surface area contributed by atoms with Crippen molar-refractivity contribution >= 4 is 0 Å². The summed E-state index contributed by atoms with van der Waals surface area (Å²) in [5.74, 6) is 1.89. The first-order valence-corrected chi connectivity index (χ1v) is 4.51. The van der Waals surface area contributed by atoms with Crippen molar-refractivity contribution in [2.75, 3.05) is 0 Å². The summed E-state index contributed by atoms with van der Waals surface area (Å²) in [6, 6.07) is 0. The van der Waals surface area contributed by atoms with Gasteiger partial charge in [-0.3, -0.25) is 0 Å². The summed E-state index contributed by atoms with van der Waals surface area (Å²) in [6.07, 6.45) is 10.2. The average Bonchev–Trinajstić information content (AvgIpc) is 2.69. The van der Waals surface area contributed by atoms with E-state index in [4.69, 9.17) is 0 Å². The molecule has 10 heavy (non-hydrogen) atoms. The van der Waals surface area contributed by atoms with Crippen LogP contribution in [-0.2, 0) is 0 Å². The van der Waals surface area contributed by atoms with Gasteiger partial charge >= 0.3 is 0 Å². The fraction of sp³-hybridized carbons (Fsp3) is 0.800. The van der Waals surface area contributed by atoms with Gasteiger partial charge in [-0.05, 0) is 31.1 Å². The second kappa shape index (κ2) is 3.80. The van der Waals surface area contributed by atoms with Crippen LogP contribution in [0.4, 0.5) is 0 Å². The molecule has 0 spiro atoms. The highest BCUT2D eigenvalue weighted by atomic mass is 14.3. The maximum Gasteiger partial charge on any atom is -0.0234 e. The van der Waals surface area contributed by atoms with Crippen molar-refractivity contribution < 1.29 is 0 Å². The predicted octanol–water partition coefficient (Wildman–Crippen LogP) is 3.39. The van der Waals surface area contributed by atoms with Gasteiger partial charge in [0.1, 0.15) is 0 Å². The van der Waals surface area contributed by atoms with Crippen LogP contribution in [0.3, 0.4) is 0 Å². The van der Waals surface area contributed by atoms with E-state index in [1.54, 1.807) is 0 Å². The highest BCUT2D eigenvalue weighted by Gasteiger charge is 2.25. The maximum absolute atomic E-state index is 2.39. The Hall–Kier alpha value is -0.260. The fourth-order valence-corrected chi connectivity index (χ4v) is 1.26. The van der Waals surface area contributed by atoms with E-state index in [1.165, 1.54) is 25.7 Å². The van der Waals surface area contributed by atoms with Crippen molar-refractivity contribution in [2.45, 2.75) is 39.5 Å². The molecule has 0 saturated heterocycles. The van der Waals surface area contributed by atoms with Gasteiger partial charge in [-0.25, -0.2) is 0 Å². The first kappa shape index (κ1) is 7.84. The summed E-state index contributed by atoms with van der Waals surface area (Å²) in [5, 5.41) is 0. The van der Waals surface area contributed by atoms with Gasteiger partial charge in [0.05, 0.1) is 0 Å². The Morgan fingerprint density at radius 1 is 1.50 bits per heavy atom. The van der Waals surface area contributed by atoms with Gasteiger partial charge in [0, 0.05) is 0 Å².